The smallest absolute Gasteiger partial charge is 0.240 e. The Morgan fingerprint density at radius 1 is 1.18 bits per heavy atom. The van der Waals surface area contributed by atoms with Gasteiger partial charge in [-0.25, -0.2) is 17.5 Å². The van der Waals surface area contributed by atoms with Crippen molar-refractivity contribution in [2.24, 2.45) is 0 Å². The van der Waals surface area contributed by atoms with E-state index in [9.17, 15) is 17.6 Å². The first-order valence-electron chi connectivity index (χ1n) is 9.25. The number of hydrogen-bond donors (Lipinski definition) is 2. The summed E-state index contributed by atoms with van der Waals surface area (Å²) in [7, 11) is -3.77. The summed E-state index contributed by atoms with van der Waals surface area (Å²) in [4.78, 5) is 14.4. The third-order valence-electron chi connectivity index (χ3n) is 4.71. The Kier molecular flexibility index (Phi) is 6.82. The Labute approximate surface area is 164 Å². The molecule has 0 aliphatic carbocycles. The molecule has 0 saturated carbocycles. The van der Waals surface area contributed by atoms with Crippen molar-refractivity contribution < 1.29 is 22.0 Å². The molecule has 1 aromatic heterocycles. The minimum absolute atomic E-state index is 0.00526. The number of halogens is 1. The molecule has 1 aromatic carbocycles. The molecule has 152 valence electrons. The normalized spacial score (nSPS) is 16.2. The third kappa shape index (κ3) is 5.40. The molecule has 9 heteroatoms. The molecule has 2 N–H and O–H groups in total. The van der Waals surface area contributed by atoms with E-state index in [-0.39, 0.29) is 29.8 Å². The van der Waals surface area contributed by atoms with E-state index in [0.29, 0.717) is 6.54 Å². The maximum Gasteiger partial charge on any atom is 0.240 e. The first kappa shape index (κ1) is 20.5. The van der Waals surface area contributed by atoms with E-state index < -0.39 is 15.8 Å². The van der Waals surface area contributed by atoms with E-state index in [4.69, 9.17) is 4.42 Å². The molecule has 1 aliphatic rings. The summed E-state index contributed by atoms with van der Waals surface area (Å²) in [5.74, 6) is 0.0409. The van der Waals surface area contributed by atoms with E-state index in [0.717, 1.165) is 43.8 Å². The van der Waals surface area contributed by atoms with E-state index in [2.05, 4.69) is 14.9 Å². The lowest BCUT2D eigenvalue weighted by Gasteiger charge is -2.26. The second-order valence-corrected chi connectivity index (χ2v) is 8.45. The van der Waals surface area contributed by atoms with Gasteiger partial charge in [-0.2, -0.15) is 0 Å². The second kappa shape index (κ2) is 9.31. The number of carbonyl (C=O) groups is 1. The molecule has 1 fully saturated rings. The van der Waals surface area contributed by atoms with Crippen molar-refractivity contribution >= 4 is 15.9 Å². The minimum atomic E-state index is -3.77. The highest BCUT2D eigenvalue weighted by molar-refractivity contribution is 7.89. The molecule has 3 rings (SSSR count). The number of likely N-dealkylation sites (tertiary alicyclic amines) is 1. The zero-order valence-corrected chi connectivity index (χ0v) is 16.3. The molecule has 0 spiro atoms. The molecule has 1 unspecified atom stereocenters. The molecule has 1 saturated heterocycles. The van der Waals surface area contributed by atoms with Gasteiger partial charge in [0.25, 0.3) is 0 Å². The third-order valence-corrected chi connectivity index (χ3v) is 6.19. The standard InChI is InChI=1S/C19H24FN3O4S/c20-15-5-7-16(8-6-15)28(25,26)22-10-9-19(24)21-14-17(18-4-3-13-27-18)23-11-1-2-12-23/h3-8,13,17,22H,1-2,9-12,14H2,(H,21,24). The second-order valence-electron chi connectivity index (χ2n) is 6.68. The van der Waals surface area contributed by atoms with Gasteiger partial charge in [-0.3, -0.25) is 9.69 Å². The lowest BCUT2D eigenvalue weighted by Crippen LogP contribution is -2.37. The van der Waals surface area contributed by atoms with Crippen LogP contribution in [0.25, 0.3) is 0 Å². The van der Waals surface area contributed by atoms with Gasteiger partial charge in [-0.15, -0.1) is 0 Å². The van der Waals surface area contributed by atoms with Gasteiger partial charge in [0, 0.05) is 19.5 Å². The lowest BCUT2D eigenvalue weighted by atomic mass is 10.2. The lowest BCUT2D eigenvalue weighted by molar-refractivity contribution is -0.121. The average molecular weight is 409 g/mol. The van der Waals surface area contributed by atoms with Crippen molar-refractivity contribution in [1.29, 1.82) is 0 Å². The Morgan fingerprint density at radius 3 is 2.54 bits per heavy atom. The van der Waals surface area contributed by atoms with Gasteiger partial charge in [-0.1, -0.05) is 0 Å². The number of carbonyl (C=O) groups excluding carboxylic acids is 1. The van der Waals surface area contributed by atoms with Gasteiger partial charge in [0.2, 0.25) is 15.9 Å². The van der Waals surface area contributed by atoms with Crippen molar-refractivity contribution in [2.75, 3.05) is 26.2 Å². The number of amides is 1. The zero-order valence-electron chi connectivity index (χ0n) is 15.4. The summed E-state index contributed by atoms with van der Waals surface area (Å²) in [6.07, 6.45) is 3.86. The van der Waals surface area contributed by atoms with E-state index >= 15 is 0 Å². The molecule has 1 amide bonds. The van der Waals surface area contributed by atoms with Crippen LogP contribution in [0.2, 0.25) is 0 Å². The monoisotopic (exact) mass is 409 g/mol. The van der Waals surface area contributed by atoms with Crippen molar-refractivity contribution in [2.45, 2.75) is 30.2 Å². The molecule has 2 heterocycles. The minimum Gasteiger partial charge on any atom is -0.468 e. The van der Waals surface area contributed by atoms with Crippen LogP contribution in [0, 0.1) is 5.82 Å². The molecule has 2 aromatic rings. The number of benzene rings is 1. The van der Waals surface area contributed by atoms with Crippen LogP contribution in [-0.4, -0.2) is 45.4 Å². The van der Waals surface area contributed by atoms with Crippen LogP contribution in [0.4, 0.5) is 4.39 Å². The summed E-state index contributed by atoms with van der Waals surface area (Å²) in [5, 5.41) is 2.86. The van der Waals surface area contributed by atoms with Gasteiger partial charge in [-0.05, 0) is 62.3 Å². The number of nitrogens with one attached hydrogen (secondary N) is 2. The highest BCUT2D eigenvalue weighted by Gasteiger charge is 2.26. The maximum atomic E-state index is 12.9. The number of hydrogen-bond acceptors (Lipinski definition) is 5. The van der Waals surface area contributed by atoms with Gasteiger partial charge in [0.05, 0.1) is 17.2 Å². The summed E-state index contributed by atoms with van der Waals surface area (Å²) < 4.78 is 45.1. The Morgan fingerprint density at radius 2 is 1.89 bits per heavy atom. The SMILES string of the molecule is O=C(CCNS(=O)(=O)c1ccc(F)cc1)NCC(c1ccco1)N1CCCC1. The molecular weight excluding hydrogens is 385 g/mol. The largest absolute Gasteiger partial charge is 0.468 e. The summed E-state index contributed by atoms with van der Waals surface area (Å²) >= 11 is 0. The molecule has 28 heavy (non-hydrogen) atoms. The fourth-order valence-electron chi connectivity index (χ4n) is 3.24. The van der Waals surface area contributed by atoms with E-state index in [1.165, 1.54) is 12.1 Å². The van der Waals surface area contributed by atoms with Crippen LogP contribution in [0.3, 0.4) is 0 Å². The number of furan rings is 1. The molecule has 0 bridgehead atoms. The Bertz CT molecular complexity index is 863. The summed E-state index contributed by atoms with van der Waals surface area (Å²) in [6.45, 7) is 2.27. The Balaban J connectivity index is 1.47. The van der Waals surface area contributed by atoms with Crippen molar-refractivity contribution in [3.05, 3.63) is 54.2 Å². The van der Waals surface area contributed by atoms with Crippen LogP contribution in [0.15, 0.2) is 52.0 Å². The van der Waals surface area contributed by atoms with Crippen LogP contribution in [0.1, 0.15) is 31.1 Å². The molecule has 1 atom stereocenters. The van der Waals surface area contributed by atoms with Crippen molar-refractivity contribution in [1.82, 2.24) is 14.9 Å². The average Bonchev–Trinajstić information content (AvgIpc) is 3.37. The maximum absolute atomic E-state index is 12.9. The highest BCUT2D eigenvalue weighted by Crippen LogP contribution is 2.24. The van der Waals surface area contributed by atoms with Crippen LogP contribution in [-0.2, 0) is 14.8 Å². The van der Waals surface area contributed by atoms with Crippen LogP contribution >= 0.6 is 0 Å². The molecular formula is C19H24FN3O4S. The topological polar surface area (TPSA) is 91.6 Å². The van der Waals surface area contributed by atoms with Gasteiger partial charge < -0.3 is 9.73 Å². The van der Waals surface area contributed by atoms with Crippen molar-refractivity contribution in [3.8, 4) is 0 Å². The molecule has 7 nitrogen and oxygen atoms in total. The number of nitrogens with zero attached hydrogens (tertiary/aromatic N) is 1. The van der Waals surface area contributed by atoms with Gasteiger partial charge in [0.15, 0.2) is 0 Å². The fourth-order valence-corrected chi connectivity index (χ4v) is 4.27. The van der Waals surface area contributed by atoms with Crippen molar-refractivity contribution in [3.63, 3.8) is 0 Å². The molecule has 0 radical (unpaired) electrons. The summed E-state index contributed by atoms with van der Waals surface area (Å²) in [6, 6.07) is 8.21. The predicted molar refractivity (Wildman–Crippen MR) is 101 cm³/mol. The van der Waals surface area contributed by atoms with Gasteiger partial charge >= 0.3 is 0 Å². The number of sulfonamides is 1. The summed E-state index contributed by atoms with van der Waals surface area (Å²) in [5.41, 5.74) is 0. The zero-order chi connectivity index (χ0) is 20.0. The van der Waals surface area contributed by atoms with E-state index in [1.54, 1.807) is 6.26 Å². The quantitative estimate of drug-likeness (QED) is 0.661. The highest BCUT2D eigenvalue weighted by atomic mass is 32.2. The van der Waals surface area contributed by atoms with Gasteiger partial charge in [0.1, 0.15) is 11.6 Å². The van der Waals surface area contributed by atoms with E-state index in [1.807, 2.05) is 12.1 Å². The van der Waals surface area contributed by atoms with Crippen LogP contribution in [0.5, 0.6) is 0 Å². The Hall–Kier alpha value is -2.23. The number of rotatable bonds is 9. The fraction of sp³-hybridized carbons (Fsp3) is 0.421. The first-order chi connectivity index (χ1) is 13.5. The predicted octanol–water partition coefficient (Wildman–Crippen LogP) is 2.04. The van der Waals surface area contributed by atoms with Crippen LogP contribution < -0.4 is 10.0 Å². The first-order valence-corrected chi connectivity index (χ1v) is 10.7. The molecule has 1 aliphatic heterocycles.